The molecule has 8 nitrogen and oxygen atoms in total. The number of nitrogens with zero attached hydrogens (tertiary/aromatic N) is 1. The van der Waals surface area contributed by atoms with Crippen molar-refractivity contribution >= 4 is 17.7 Å². The molecule has 2 bridgehead atoms. The van der Waals surface area contributed by atoms with Crippen molar-refractivity contribution in [3.05, 3.63) is 0 Å². The lowest BCUT2D eigenvalue weighted by Gasteiger charge is -2.39. The zero-order valence-electron chi connectivity index (χ0n) is 19.2. The first-order valence-electron chi connectivity index (χ1n) is 10.9. The zero-order valence-corrected chi connectivity index (χ0v) is 19.2. The van der Waals surface area contributed by atoms with Crippen LogP contribution in [0, 0.1) is 17.3 Å². The standard InChI is InChI=1S/C22H37N3O5/c1-12(10-26)25-16(18(28)24-21(5,6)11-20(2,3)4)22-9-8-13(30-22)14(17(27)23-7)15(22)19(25)29/h12-16,26H,8-11H2,1-7H3,(H,23,27)(H,24,28)/t12-,13+,14-,15+,16?,22?/m1/s1. The highest BCUT2D eigenvalue weighted by atomic mass is 16.5. The van der Waals surface area contributed by atoms with Gasteiger partial charge in [0, 0.05) is 12.6 Å². The van der Waals surface area contributed by atoms with E-state index in [9.17, 15) is 19.5 Å². The molecule has 3 heterocycles. The van der Waals surface area contributed by atoms with Crippen molar-refractivity contribution in [2.45, 2.75) is 90.1 Å². The molecule has 0 radical (unpaired) electrons. The minimum absolute atomic E-state index is 0.00773. The fourth-order valence-corrected chi connectivity index (χ4v) is 6.19. The number of carbonyl (C=O) groups excluding carboxylic acids is 3. The van der Waals surface area contributed by atoms with Crippen molar-refractivity contribution in [1.82, 2.24) is 15.5 Å². The van der Waals surface area contributed by atoms with Gasteiger partial charge < -0.3 is 25.4 Å². The molecule has 3 fully saturated rings. The second-order valence-corrected chi connectivity index (χ2v) is 11.1. The van der Waals surface area contributed by atoms with E-state index in [4.69, 9.17) is 4.74 Å². The molecule has 3 N–H and O–H groups in total. The second kappa shape index (κ2) is 7.48. The van der Waals surface area contributed by atoms with Crippen LogP contribution in [0.1, 0.15) is 60.8 Å². The van der Waals surface area contributed by atoms with Crippen LogP contribution in [-0.2, 0) is 19.1 Å². The Hall–Kier alpha value is -1.67. The Morgan fingerprint density at radius 2 is 1.90 bits per heavy atom. The molecule has 3 aliphatic heterocycles. The summed E-state index contributed by atoms with van der Waals surface area (Å²) >= 11 is 0. The molecule has 3 amide bonds. The summed E-state index contributed by atoms with van der Waals surface area (Å²) in [7, 11) is 1.55. The molecule has 3 rings (SSSR count). The number of fused-ring (bicyclic) bond motifs is 1. The maximum absolute atomic E-state index is 13.6. The fraction of sp³-hybridized carbons (Fsp3) is 0.864. The summed E-state index contributed by atoms with van der Waals surface area (Å²) in [6.07, 6.45) is 1.58. The molecule has 0 saturated carbocycles. The first-order chi connectivity index (χ1) is 13.8. The number of carbonyl (C=O) groups is 3. The summed E-state index contributed by atoms with van der Waals surface area (Å²) in [5.41, 5.74) is -1.50. The van der Waals surface area contributed by atoms with E-state index in [-0.39, 0.29) is 35.8 Å². The Morgan fingerprint density at radius 1 is 1.27 bits per heavy atom. The molecule has 170 valence electrons. The van der Waals surface area contributed by atoms with Gasteiger partial charge in [-0.2, -0.15) is 0 Å². The molecule has 2 unspecified atom stereocenters. The zero-order chi connectivity index (χ0) is 22.6. The maximum atomic E-state index is 13.6. The van der Waals surface area contributed by atoms with Crippen molar-refractivity contribution in [2.24, 2.45) is 17.3 Å². The monoisotopic (exact) mass is 423 g/mol. The van der Waals surface area contributed by atoms with Gasteiger partial charge in [0.05, 0.1) is 30.6 Å². The Bertz CT molecular complexity index is 731. The van der Waals surface area contributed by atoms with Crippen molar-refractivity contribution in [3.63, 3.8) is 0 Å². The fourth-order valence-electron chi connectivity index (χ4n) is 6.19. The Labute approximate surface area is 179 Å². The van der Waals surface area contributed by atoms with Gasteiger partial charge in [0.1, 0.15) is 11.6 Å². The predicted octanol–water partition coefficient (Wildman–Crippen LogP) is 0.819. The number of amides is 3. The van der Waals surface area contributed by atoms with E-state index in [1.165, 1.54) is 4.90 Å². The Morgan fingerprint density at radius 3 is 2.43 bits per heavy atom. The molecule has 30 heavy (non-hydrogen) atoms. The lowest BCUT2D eigenvalue weighted by atomic mass is 9.70. The Kier molecular flexibility index (Phi) is 5.74. The van der Waals surface area contributed by atoms with Crippen LogP contribution in [0.3, 0.4) is 0 Å². The summed E-state index contributed by atoms with van der Waals surface area (Å²) in [5, 5.41) is 15.6. The van der Waals surface area contributed by atoms with Gasteiger partial charge in [0.25, 0.3) is 0 Å². The minimum Gasteiger partial charge on any atom is -0.394 e. The lowest BCUT2D eigenvalue weighted by Crippen LogP contribution is -2.60. The van der Waals surface area contributed by atoms with E-state index >= 15 is 0 Å². The van der Waals surface area contributed by atoms with Crippen LogP contribution >= 0.6 is 0 Å². The minimum atomic E-state index is -1.02. The van der Waals surface area contributed by atoms with E-state index in [1.807, 2.05) is 13.8 Å². The van der Waals surface area contributed by atoms with Crippen LogP contribution in [0.15, 0.2) is 0 Å². The van der Waals surface area contributed by atoms with Crippen molar-refractivity contribution < 1.29 is 24.2 Å². The third-order valence-corrected chi connectivity index (χ3v) is 6.71. The SMILES string of the molecule is CNC(=O)[C@@H]1[C@@H]2CCC3(O2)C(C(=O)NC(C)(C)CC(C)(C)C)N([C@H](C)CO)C(=O)[C@H]13. The van der Waals surface area contributed by atoms with Gasteiger partial charge in [-0.3, -0.25) is 14.4 Å². The van der Waals surface area contributed by atoms with Crippen LogP contribution in [0.2, 0.25) is 0 Å². The molecule has 0 aromatic heterocycles. The van der Waals surface area contributed by atoms with Gasteiger partial charge in [-0.1, -0.05) is 20.8 Å². The smallest absolute Gasteiger partial charge is 0.246 e. The third-order valence-electron chi connectivity index (χ3n) is 6.71. The van der Waals surface area contributed by atoms with Gasteiger partial charge in [0.2, 0.25) is 17.7 Å². The quantitative estimate of drug-likeness (QED) is 0.586. The summed E-state index contributed by atoms with van der Waals surface area (Å²) < 4.78 is 6.30. The van der Waals surface area contributed by atoms with E-state index < -0.39 is 35.1 Å². The maximum Gasteiger partial charge on any atom is 0.246 e. The van der Waals surface area contributed by atoms with E-state index in [1.54, 1.807) is 14.0 Å². The van der Waals surface area contributed by atoms with Crippen molar-refractivity contribution in [1.29, 1.82) is 0 Å². The van der Waals surface area contributed by atoms with Gasteiger partial charge in [-0.25, -0.2) is 0 Å². The molecule has 0 aromatic rings. The summed E-state index contributed by atoms with van der Waals surface area (Å²) in [6, 6.07) is -1.41. The Balaban J connectivity index is 1.98. The number of nitrogens with one attached hydrogen (secondary N) is 2. The topological polar surface area (TPSA) is 108 Å². The lowest BCUT2D eigenvalue weighted by molar-refractivity contribution is -0.145. The highest BCUT2D eigenvalue weighted by Crippen LogP contribution is 2.58. The van der Waals surface area contributed by atoms with E-state index in [0.29, 0.717) is 12.8 Å². The average Bonchev–Trinajstić information content (AvgIpc) is 3.25. The van der Waals surface area contributed by atoms with Crippen molar-refractivity contribution in [3.8, 4) is 0 Å². The second-order valence-electron chi connectivity index (χ2n) is 11.1. The van der Waals surface area contributed by atoms with Gasteiger partial charge in [0.15, 0.2) is 0 Å². The molecule has 0 aliphatic carbocycles. The van der Waals surface area contributed by atoms with Crippen LogP contribution in [-0.4, -0.2) is 70.7 Å². The predicted molar refractivity (Wildman–Crippen MR) is 111 cm³/mol. The molecule has 8 heteroatoms. The average molecular weight is 424 g/mol. The first kappa shape index (κ1) is 23.0. The number of rotatable bonds is 6. The summed E-state index contributed by atoms with van der Waals surface area (Å²) in [4.78, 5) is 41.2. The molecule has 0 aromatic carbocycles. The molecule has 3 aliphatic rings. The van der Waals surface area contributed by atoms with Crippen LogP contribution in [0.25, 0.3) is 0 Å². The number of aliphatic hydroxyl groups excluding tert-OH is 1. The largest absolute Gasteiger partial charge is 0.394 e. The van der Waals surface area contributed by atoms with Crippen LogP contribution in [0.5, 0.6) is 0 Å². The number of hydrogen-bond donors (Lipinski definition) is 3. The van der Waals surface area contributed by atoms with Crippen LogP contribution in [0.4, 0.5) is 0 Å². The van der Waals surface area contributed by atoms with Crippen molar-refractivity contribution in [2.75, 3.05) is 13.7 Å². The van der Waals surface area contributed by atoms with Gasteiger partial charge in [-0.05, 0) is 45.4 Å². The van der Waals surface area contributed by atoms with Gasteiger partial charge >= 0.3 is 0 Å². The molecule has 3 saturated heterocycles. The molecule has 6 atom stereocenters. The highest BCUT2D eigenvalue weighted by molar-refractivity contribution is 5.99. The van der Waals surface area contributed by atoms with E-state index in [0.717, 1.165) is 6.42 Å². The summed E-state index contributed by atoms with van der Waals surface area (Å²) in [6.45, 7) is 11.7. The normalized spacial score (nSPS) is 34.1. The number of ether oxygens (including phenoxy) is 1. The van der Waals surface area contributed by atoms with Crippen LogP contribution < -0.4 is 10.6 Å². The third kappa shape index (κ3) is 3.62. The molecular weight excluding hydrogens is 386 g/mol. The number of hydrogen-bond acceptors (Lipinski definition) is 5. The number of aliphatic hydroxyl groups is 1. The van der Waals surface area contributed by atoms with Gasteiger partial charge in [-0.15, -0.1) is 0 Å². The highest BCUT2D eigenvalue weighted by Gasteiger charge is 2.74. The molecular formula is C22H37N3O5. The molecule has 1 spiro atoms. The summed E-state index contributed by atoms with van der Waals surface area (Å²) in [5.74, 6) is -2.10. The van der Waals surface area contributed by atoms with E-state index in [2.05, 4.69) is 31.4 Å². The first-order valence-corrected chi connectivity index (χ1v) is 10.9. The number of likely N-dealkylation sites (tertiary alicyclic amines) is 1.